The fourth-order valence-electron chi connectivity index (χ4n) is 2.01. The van der Waals surface area contributed by atoms with Gasteiger partial charge in [0.05, 0.1) is 5.25 Å². The summed E-state index contributed by atoms with van der Waals surface area (Å²) in [6.07, 6.45) is 0. The number of carbonyl (C=O) groups is 2. The zero-order chi connectivity index (χ0) is 15.6. The molecule has 0 saturated carbocycles. The number of carbonyl (C=O) groups excluding carboxylic acids is 2. The second kappa shape index (κ2) is 6.58. The molecule has 0 aliphatic carbocycles. The predicted octanol–water partition coefficient (Wildman–Crippen LogP) is 3.00. The van der Waals surface area contributed by atoms with Crippen LogP contribution in [0.3, 0.4) is 0 Å². The van der Waals surface area contributed by atoms with Crippen molar-refractivity contribution in [1.29, 1.82) is 0 Å². The van der Waals surface area contributed by atoms with Crippen molar-refractivity contribution in [3.8, 4) is 0 Å². The molecule has 1 fully saturated rings. The average Bonchev–Trinajstić information content (AvgIpc) is 2.66. The Morgan fingerprint density at radius 3 is 2.48 bits per heavy atom. The summed E-state index contributed by atoms with van der Waals surface area (Å²) in [7, 11) is 0. The van der Waals surface area contributed by atoms with Gasteiger partial charge in [-0.2, -0.15) is 0 Å². The highest BCUT2D eigenvalue weighted by atomic mass is 32.2. The van der Waals surface area contributed by atoms with Gasteiger partial charge in [-0.15, -0.1) is 0 Å². The molecule has 1 N–H and O–H groups in total. The molecule has 1 heterocycles. The van der Waals surface area contributed by atoms with Crippen LogP contribution in [-0.2, 0) is 9.59 Å². The molecular formula is C15H18N2O2S2. The fraction of sp³-hybridized carbons (Fsp3) is 0.400. The van der Waals surface area contributed by atoms with Crippen molar-refractivity contribution in [1.82, 2.24) is 4.90 Å². The number of benzene rings is 1. The van der Waals surface area contributed by atoms with Crippen molar-refractivity contribution >= 4 is 45.8 Å². The number of thioether (sulfide) groups is 1. The van der Waals surface area contributed by atoms with Crippen LogP contribution in [0.4, 0.5) is 5.69 Å². The van der Waals surface area contributed by atoms with Gasteiger partial charge in [-0.25, -0.2) is 0 Å². The topological polar surface area (TPSA) is 49.4 Å². The van der Waals surface area contributed by atoms with Crippen LogP contribution in [0.15, 0.2) is 24.3 Å². The van der Waals surface area contributed by atoms with Gasteiger partial charge in [0, 0.05) is 5.69 Å². The van der Waals surface area contributed by atoms with E-state index in [1.54, 1.807) is 6.92 Å². The van der Waals surface area contributed by atoms with Crippen LogP contribution in [0.1, 0.15) is 32.3 Å². The van der Waals surface area contributed by atoms with Gasteiger partial charge >= 0.3 is 0 Å². The zero-order valence-corrected chi connectivity index (χ0v) is 13.9. The maximum atomic E-state index is 12.0. The van der Waals surface area contributed by atoms with Crippen LogP contribution in [0.5, 0.6) is 0 Å². The van der Waals surface area contributed by atoms with Gasteiger partial charge in [-0.05, 0) is 30.5 Å². The largest absolute Gasteiger partial charge is 0.325 e. The Balaban J connectivity index is 1.96. The van der Waals surface area contributed by atoms with Crippen LogP contribution in [0, 0.1) is 0 Å². The Kier molecular flexibility index (Phi) is 5.00. The molecule has 0 bridgehead atoms. The zero-order valence-electron chi connectivity index (χ0n) is 12.3. The third-order valence-electron chi connectivity index (χ3n) is 3.27. The van der Waals surface area contributed by atoms with E-state index in [2.05, 4.69) is 19.2 Å². The first-order valence-corrected chi connectivity index (χ1v) is 8.09. The minimum absolute atomic E-state index is 0.0268. The molecule has 0 spiro atoms. The van der Waals surface area contributed by atoms with Gasteiger partial charge < -0.3 is 5.32 Å². The number of hydrogen-bond donors (Lipinski definition) is 1. The highest BCUT2D eigenvalue weighted by Crippen LogP contribution is 2.26. The third kappa shape index (κ3) is 3.83. The number of rotatable bonds is 4. The molecule has 2 amide bonds. The number of hydrogen-bond acceptors (Lipinski definition) is 4. The summed E-state index contributed by atoms with van der Waals surface area (Å²) in [5.41, 5.74) is 1.94. The Labute approximate surface area is 134 Å². The van der Waals surface area contributed by atoms with E-state index in [0.29, 0.717) is 10.2 Å². The monoisotopic (exact) mass is 322 g/mol. The summed E-state index contributed by atoms with van der Waals surface area (Å²) in [5, 5.41) is 2.59. The van der Waals surface area contributed by atoms with Gasteiger partial charge in [-0.1, -0.05) is 50.0 Å². The quantitative estimate of drug-likeness (QED) is 0.866. The van der Waals surface area contributed by atoms with Gasteiger partial charge in [0.15, 0.2) is 0 Å². The van der Waals surface area contributed by atoms with Crippen molar-refractivity contribution in [3.63, 3.8) is 0 Å². The van der Waals surface area contributed by atoms with E-state index in [9.17, 15) is 9.59 Å². The highest BCUT2D eigenvalue weighted by Gasteiger charge is 2.34. The Bertz CT molecular complexity index is 570. The van der Waals surface area contributed by atoms with E-state index in [0.717, 1.165) is 5.69 Å². The first kappa shape index (κ1) is 16.0. The molecule has 6 heteroatoms. The standard InChI is InChI=1S/C15H18N2O2S2/c1-9(2)11-4-6-12(7-5-11)16-13(18)8-17-14(19)10(3)21-15(17)20/h4-7,9-10H,8H2,1-3H3,(H,16,18). The first-order valence-electron chi connectivity index (χ1n) is 6.80. The van der Waals surface area contributed by atoms with Gasteiger partial charge in [0.1, 0.15) is 10.9 Å². The van der Waals surface area contributed by atoms with Crippen LogP contribution in [0.2, 0.25) is 0 Å². The van der Waals surface area contributed by atoms with E-state index < -0.39 is 0 Å². The van der Waals surface area contributed by atoms with Gasteiger partial charge in [0.2, 0.25) is 11.8 Å². The molecule has 2 rings (SSSR count). The van der Waals surface area contributed by atoms with Crippen molar-refractivity contribution in [2.45, 2.75) is 31.9 Å². The summed E-state index contributed by atoms with van der Waals surface area (Å²) in [4.78, 5) is 25.2. The summed E-state index contributed by atoms with van der Waals surface area (Å²) in [6, 6.07) is 7.72. The van der Waals surface area contributed by atoms with Gasteiger partial charge in [0.25, 0.3) is 0 Å². The molecule has 1 aromatic carbocycles. The molecule has 112 valence electrons. The number of thiocarbonyl (C=S) groups is 1. The van der Waals surface area contributed by atoms with Crippen molar-refractivity contribution in [2.24, 2.45) is 0 Å². The molecule has 1 aromatic rings. The van der Waals surface area contributed by atoms with Gasteiger partial charge in [-0.3, -0.25) is 14.5 Å². The number of amides is 2. The van der Waals surface area contributed by atoms with Crippen molar-refractivity contribution < 1.29 is 9.59 Å². The molecule has 1 unspecified atom stereocenters. The lowest BCUT2D eigenvalue weighted by molar-refractivity contribution is -0.129. The van der Waals surface area contributed by atoms with Crippen LogP contribution >= 0.6 is 24.0 Å². The SMILES string of the molecule is CC1SC(=S)N(CC(=O)Nc2ccc(C(C)C)cc2)C1=O. The number of anilines is 1. The van der Waals surface area contributed by atoms with Crippen LogP contribution in [0.25, 0.3) is 0 Å². The Morgan fingerprint density at radius 1 is 1.38 bits per heavy atom. The Morgan fingerprint density at radius 2 is 2.00 bits per heavy atom. The first-order chi connectivity index (χ1) is 9.88. The second-order valence-corrected chi connectivity index (χ2v) is 7.25. The predicted molar refractivity (Wildman–Crippen MR) is 90.5 cm³/mol. The van der Waals surface area contributed by atoms with Crippen molar-refractivity contribution in [2.75, 3.05) is 11.9 Å². The van der Waals surface area contributed by atoms with E-state index in [4.69, 9.17) is 12.2 Å². The molecule has 0 radical (unpaired) electrons. The van der Waals surface area contributed by atoms with Crippen LogP contribution < -0.4 is 5.32 Å². The van der Waals surface area contributed by atoms with Crippen molar-refractivity contribution in [3.05, 3.63) is 29.8 Å². The van der Waals surface area contributed by atoms with E-state index in [1.165, 1.54) is 22.2 Å². The normalized spacial score (nSPS) is 18.5. The lowest BCUT2D eigenvalue weighted by Gasteiger charge is -2.15. The maximum absolute atomic E-state index is 12.0. The number of nitrogens with one attached hydrogen (secondary N) is 1. The fourth-order valence-corrected chi connectivity index (χ4v) is 3.41. The third-order valence-corrected chi connectivity index (χ3v) is 4.76. The van der Waals surface area contributed by atoms with E-state index in [-0.39, 0.29) is 23.6 Å². The minimum Gasteiger partial charge on any atom is -0.325 e. The maximum Gasteiger partial charge on any atom is 0.244 e. The summed E-state index contributed by atoms with van der Waals surface area (Å²) >= 11 is 6.43. The molecule has 1 saturated heterocycles. The molecule has 4 nitrogen and oxygen atoms in total. The Hall–Kier alpha value is -1.40. The van der Waals surface area contributed by atoms with E-state index in [1.807, 2.05) is 24.3 Å². The highest BCUT2D eigenvalue weighted by molar-refractivity contribution is 8.24. The van der Waals surface area contributed by atoms with Crippen LogP contribution in [-0.4, -0.2) is 32.8 Å². The summed E-state index contributed by atoms with van der Waals surface area (Å²) in [5.74, 6) is 0.112. The summed E-state index contributed by atoms with van der Waals surface area (Å²) in [6.45, 7) is 6.00. The molecule has 1 atom stereocenters. The molecule has 0 aromatic heterocycles. The minimum atomic E-state index is -0.238. The molecule has 1 aliphatic heterocycles. The summed E-state index contributed by atoms with van der Waals surface area (Å²) < 4.78 is 0.470. The average molecular weight is 322 g/mol. The molecule has 1 aliphatic rings. The second-order valence-electron chi connectivity index (χ2n) is 5.28. The number of nitrogens with zero attached hydrogens (tertiary/aromatic N) is 1. The lowest BCUT2D eigenvalue weighted by atomic mass is 10.0. The van der Waals surface area contributed by atoms with E-state index >= 15 is 0 Å². The molecular weight excluding hydrogens is 304 g/mol. The molecule has 21 heavy (non-hydrogen) atoms. The lowest BCUT2D eigenvalue weighted by Crippen LogP contribution is -2.37. The smallest absolute Gasteiger partial charge is 0.244 e.